The van der Waals surface area contributed by atoms with Gasteiger partial charge in [0.1, 0.15) is 11.4 Å². The number of aromatic amines is 1. The molecule has 6 heteroatoms. The molecule has 0 aromatic carbocycles. The van der Waals surface area contributed by atoms with Crippen molar-refractivity contribution in [1.29, 1.82) is 0 Å². The van der Waals surface area contributed by atoms with Crippen LogP contribution in [0.4, 0.5) is 4.79 Å². The number of hydrogen-bond acceptors (Lipinski definition) is 4. The minimum Gasteiger partial charge on any atom is -0.444 e. The molecule has 0 fully saturated rings. The van der Waals surface area contributed by atoms with E-state index in [1.807, 2.05) is 27.0 Å². The number of carbonyl (C=O) groups excluding carboxylic acids is 1. The number of hydrogen-bond donors (Lipinski definition) is 3. The number of alkyl carbamates (subject to hydrolysis) is 1. The highest BCUT2D eigenvalue weighted by molar-refractivity contribution is 5.67. The van der Waals surface area contributed by atoms with Crippen LogP contribution in [0.5, 0.6) is 0 Å². The SMILES string of the molecule is CC(C)(C)OC(=O)NCCCCNCc1ncc[nH]1. The summed E-state index contributed by atoms with van der Waals surface area (Å²) in [7, 11) is 0. The van der Waals surface area contributed by atoms with Gasteiger partial charge in [0, 0.05) is 18.9 Å². The van der Waals surface area contributed by atoms with Gasteiger partial charge in [-0.25, -0.2) is 9.78 Å². The lowest BCUT2D eigenvalue weighted by Gasteiger charge is -2.19. The number of unbranched alkanes of at least 4 members (excludes halogenated alkanes) is 1. The van der Waals surface area contributed by atoms with Crippen LogP contribution in [0, 0.1) is 0 Å². The topological polar surface area (TPSA) is 79.0 Å². The van der Waals surface area contributed by atoms with Crippen LogP contribution < -0.4 is 10.6 Å². The van der Waals surface area contributed by atoms with E-state index < -0.39 is 5.60 Å². The van der Waals surface area contributed by atoms with E-state index in [-0.39, 0.29) is 6.09 Å². The summed E-state index contributed by atoms with van der Waals surface area (Å²) in [5.74, 6) is 0.937. The first-order valence-electron chi connectivity index (χ1n) is 6.63. The highest BCUT2D eigenvalue weighted by Gasteiger charge is 2.15. The minimum atomic E-state index is -0.436. The summed E-state index contributed by atoms with van der Waals surface area (Å²) in [5, 5.41) is 6.01. The summed E-state index contributed by atoms with van der Waals surface area (Å²) in [4.78, 5) is 18.5. The van der Waals surface area contributed by atoms with Gasteiger partial charge in [0.05, 0.1) is 6.54 Å². The molecule has 6 nitrogen and oxygen atoms in total. The Balaban J connectivity index is 1.92. The first-order valence-corrected chi connectivity index (χ1v) is 6.63. The molecule has 1 rings (SSSR count). The maximum absolute atomic E-state index is 11.3. The Labute approximate surface area is 114 Å². The molecule has 0 aliphatic carbocycles. The van der Waals surface area contributed by atoms with Gasteiger partial charge in [0.15, 0.2) is 0 Å². The number of nitrogens with zero attached hydrogens (tertiary/aromatic N) is 1. The van der Waals surface area contributed by atoms with E-state index in [2.05, 4.69) is 20.6 Å². The van der Waals surface area contributed by atoms with Gasteiger partial charge in [-0.3, -0.25) is 0 Å². The fourth-order valence-electron chi connectivity index (χ4n) is 1.48. The summed E-state index contributed by atoms with van der Waals surface area (Å²) in [5.41, 5.74) is -0.436. The van der Waals surface area contributed by atoms with Gasteiger partial charge in [0.25, 0.3) is 0 Å². The number of H-pyrrole nitrogens is 1. The molecule has 0 spiro atoms. The molecule has 3 N–H and O–H groups in total. The Bertz CT molecular complexity index is 357. The van der Waals surface area contributed by atoms with Gasteiger partial charge in [-0.15, -0.1) is 0 Å². The largest absolute Gasteiger partial charge is 0.444 e. The molecule has 108 valence electrons. The second-order valence-electron chi connectivity index (χ2n) is 5.35. The Kier molecular flexibility index (Phi) is 6.35. The average Bonchev–Trinajstić information content (AvgIpc) is 2.78. The number of carbonyl (C=O) groups is 1. The van der Waals surface area contributed by atoms with Crippen LogP contribution in [0.1, 0.15) is 39.4 Å². The van der Waals surface area contributed by atoms with E-state index in [4.69, 9.17) is 4.74 Å². The molecule has 0 atom stereocenters. The molecule has 19 heavy (non-hydrogen) atoms. The second-order valence-corrected chi connectivity index (χ2v) is 5.35. The number of imidazole rings is 1. The molecular formula is C13H24N4O2. The van der Waals surface area contributed by atoms with Crippen molar-refractivity contribution in [3.8, 4) is 0 Å². The molecule has 1 amide bonds. The first-order chi connectivity index (χ1) is 8.97. The third-order valence-electron chi connectivity index (χ3n) is 2.30. The van der Waals surface area contributed by atoms with Crippen molar-refractivity contribution < 1.29 is 9.53 Å². The van der Waals surface area contributed by atoms with Gasteiger partial charge in [-0.05, 0) is 40.2 Å². The van der Waals surface area contributed by atoms with Crippen molar-refractivity contribution in [3.63, 3.8) is 0 Å². The lowest BCUT2D eigenvalue weighted by atomic mass is 10.2. The van der Waals surface area contributed by atoms with E-state index in [0.717, 1.165) is 31.8 Å². The fraction of sp³-hybridized carbons (Fsp3) is 0.692. The standard InChI is InChI=1S/C13H24N4O2/c1-13(2,3)19-12(18)17-7-5-4-6-14-10-11-15-8-9-16-11/h8-9,14H,4-7,10H2,1-3H3,(H,15,16)(H,17,18). The van der Waals surface area contributed by atoms with Crippen LogP contribution in [0.15, 0.2) is 12.4 Å². The fourth-order valence-corrected chi connectivity index (χ4v) is 1.48. The summed E-state index contributed by atoms with van der Waals surface area (Å²) in [6, 6.07) is 0. The maximum Gasteiger partial charge on any atom is 0.407 e. The van der Waals surface area contributed by atoms with Crippen LogP contribution in [-0.2, 0) is 11.3 Å². The Morgan fingerprint density at radius 1 is 1.37 bits per heavy atom. The van der Waals surface area contributed by atoms with Crippen LogP contribution in [-0.4, -0.2) is 34.8 Å². The highest BCUT2D eigenvalue weighted by Crippen LogP contribution is 2.06. The van der Waals surface area contributed by atoms with Gasteiger partial charge in [-0.2, -0.15) is 0 Å². The minimum absolute atomic E-state index is 0.351. The molecule has 0 unspecified atom stereocenters. The third kappa shape index (κ3) is 8.20. The van der Waals surface area contributed by atoms with Gasteiger partial charge >= 0.3 is 6.09 Å². The van der Waals surface area contributed by atoms with E-state index in [9.17, 15) is 4.79 Å². The Hall–Kier alpha value is -1.56. The number of amides is 1. The van der Waals surface area contributed by atoms with Crippen molar-refractivity contribution in [1.82, 2.24) is 20.6 Å². The molecule has 0 saturated carbocycles. The van der Waals surface area contributed by atoms with Crippen molar-refractivity contribution in [3.05, 3.63) is 18.2 Å². The quantitative estimate of drug-likeness (QED) is 0.659. The number of rotatable bonds is 7. The molecule has 0 aliphatic heterocycles. The van der Waals surface area contributed by atoms with Gasteiger partial charge < -0.3 is 20.4 Å². The molecule has 0 aliphatic rings. The lowest BCUT2D eigenvalue weighted by Crippen LogP contribution is -2.33. The third-order valence-corrected chi connectivity index (χ3v) is 2.30. The number of ether oxygens (including phenoxy) is 1. The van der Waals surface area contributed by atoms with Gasteiger partial charge in [-0.1, -0.05) is 0 Å². The monoisotopic (exact) mass is 268 g/mol. The van der Waals surface area contributed by atoms with Crippen molar-refractivity contribution >= 4 is 6.09 Å². The van der Waals surface area contributed by atoms with Crippen molar-refractivity contribution in [2.45, 2.75) is 45.8 Å². The first kappa shape index (κ1) is 15.5. The van der Waals surface area contributed by atoms with Crippen LogP contribution >= 0.6 is 0 Å². The highest BCUT2D eigenvalue weighted by atomic mass is 16.6. The van der Waals surface area contributed by atoms with Crippen LogP contribution in [0.2, 0.25) is 0 Å². The van der Waals surface area contributed by atoms with Crippen LogP contribution in [0.3, 0.4) is 0 Å². The molecule has 0 radical (unpaired) electrons. The Morgan fingerprint density at radius 2 is 2.11 bits per heavy atom. The van der Waals surface area contributed by atoms with Crippen LogP contribution in [0.25, 0.3) is 0 Å². The van der Waals surface area contributed by atoms with Crippen molar-refractivity contribution in [2.75, 3.05) is 13.1 Å². The Morgan fingerprint density at radius 3 is 2.74 bits per heavy atom. The molecular weight excluding hydrogens is 244 g/mol. The summed E-state index contributed by atoms with van der Waals surface area (Å²) in [6.45, 7) is 7.84. The van der Waals surface area contributed by atoms with Crippen molar-refractivity contribution in [2.24, 2.45) is 0 Å². The predicted octanol–water partition coefficient (Wildman–Crippen LogP) is 1.80. The average molecular weight is 268 g/mol. The molecule has 1 aromatic rings. The molecule has 1 heterocycles. The van der Waals surface area contributed by atoms with Gasteiger partial charge in [0.2, 0.25) is 0 Å². The number of nitrogens with one attached hydrogen (secondary N) is 3. The number of aromatic nitrogens is 2. The lowest BCUT2D eigenvalue weighted by molar-refractivity contribution is 0.0527. The zero-order chi connectivity index (χ0) is 14.1. The molecule has 0 saturated heterocycles. The molecule has 0 bridgehead atoms. The zero-order valence-corrected chi connectivity index (χ0v) is 12.0. The summed E-state index contributed by atoms with van der Waals surface area (Å²) >= 11 is 0. The smallest absolute Gasteiger partial charge is 0.407 e. The molecule has 1 aromatic heterocycles. The van der Waals surface area contributed by atoms with E-state index in [0.29, 0.717) is 6.54 Å². The zero-order valence-electron chi connectivity index (χ0n) is 12.0. The predicted molar refractivity (Wildman–Crippen MR) is 73.8 cm³/mol. The summed E-state index contributed by atoms with van der Waals surface area (Å²) < 4.78 is 5.14. The van der Waals surface area contributed by atoms with E-state index >= 15 is 0 Å². The summed E-state index contributed by atoms with van der Waals surface area (Å²) in [6.07, 6.45) is 5.11. The normalized spacial score (nSPS) is 11.3. The maximum atomic E-state index is 11.3. The van der Waals surface area contributed by atoms with E-state index in [1.165, 1.54) is 0 Å². The van der Waals surface area contributed by atoms with E-state index in [1.54, 1.807) is 6.20 Å². The second kappa shape index (κ2) is 7.78.